The van der Waals surface area contributed by atoms with Crippen molar-refractivity contribution >= 4 is 21.6 Å². The molecule has 2 rings (SSSR count). The van der Waals surface area contributed by atoms with Crippen molar-refractivity contribution in [2.45, 2.75) is 17.2 Å². The highest BCUT2D eigenvalue weighted by atomic mass is 33.1. The van der Waals surface area contributed by atoms with Crippen LogP contribution in [0, 0.1) is 6.07 Å². The summed E-state index contributed by atoms with van der Waals surface area (Å²) in [7, 11) is 3.51. The molecule has 0 aliphatic heterocycles. The van der Waals surface area contributed by atoms with Crippen molar-refractivity contribution in [3.8, 4) is 0 Å². The summed E-state index contributed by atoms with van der Waals surface area (Å²) in [5.74, 6) is 0. The molecule has 0 fully saturated rings. The van der Waals surface area contributed by atoms with Crippen molar-refractivity contribution in [3.63, 3.8) is 0 Å². The third-order valence-corrected chi connectivity index (χ3v) is 4.80. The van der Waals surface area contributed by atoms with E-state index in [1.54, 1.807) is 21.6 Å². The Balaban J connectivity index is 1.92. The SMILES string of the molecule is CC(SSc1ccccn1)c1[c]cccc1. The van der Waals surface area contributed by atoms with Gasteiger partial charge in [0.05, 0.1) is 0 Å². The molecule has 2 aromatic rings. The Bertz CT molecular complexity index is 416. The lowest BCUT2D eigenvalue weighted by Gasteiger charge is -2.09. The third-order valence-electron chi connectivity index (χ3n) is 2.09. The maximum Gasteiger partial charge on any atom is 0.106 e. The van der Waals surface area contributed by atoms with Crippen molar-refractivity contribution in [3.05, 3.63) is 60.3 Å². The minimum atomic E-state index is 0.424. The van der Waals surface area contributed by atoms with Crippen LogP contribution in [0.4, 0.5) is 0 Å². The second kappa shape index (κ2) is 5.97. The fourth-order valence-electron chi connectivity index (χ4n) is 1.23. The number of nitrogens with zero attached hydrogens (tertiary/aromatic N) is 1. The van der Waals surface area contributed by atoms with Gasteiger partial charge in [-0.3, -0.25) is 0 Å². The van der Waals surface area contributed by atoms with Gasteiger partial charge >= 0.3 is 0 Å². The Morgan fingerprint density at radius 1 is 1.19 bits per heavy atom. The van der Waals surface area contributed by atoms with Crippen LogP contribution in [0.15, 0.2) is 53.7 Å². The van der Waals surface area contributed by atoms with Gasteiger partial charge in [-0.15, -0.1) is 0 Å². The molecule has 1 nitrogen and oxygen atoms in total. The second-order valence-electron chi connectivity index (χ2n) is 3.31. The van der Waals surface area contributed by atoms with Gasteiger partial charge in [0.2, 0.25) is 0 Å². The first kappa shape index (κ1) is 11.6. The van der Waals surface area contributed by atoms with Gasteiger partial charge in [-0.1, -0.05) is 41.1 Å². The monoisotopic (exact) mass is 246 g/mol. The number of hydrogen-bond donors (Lipinski definition) is 0. The summed E-state index contributed by atoms with van der Waals surface area (Å²) in [6, 6.07) is 17.3. The predicted molar refractivity (Wildman–Crippen MR) is 71.4 cm³/mol. The van der Waals surface area contributed by atoms with Crippen LogP contribution >= 0.6 is 21.6 Å². The molecule has 1 heterocycles. The molecule has 0 saturated carbocycles. The van der Waals surface area contributed by atoms with Gasteiger partial charge in [-0.05, 0) is 41.5 Å². The maximum atomic E-state index is 4.28. The van der Waals surface area contributed by atoms with Gasteiger partial charge in [0, 0.05) is 11.4 Å². The Hall–Kier alpha value is -0.930. The van der Waals surface area contributed by atoms with Gasteiger partial charge in [-0.25, -0.2) is 4.98 Å². The lowest BCUT2D eigenvalue weighted by atomic mass is 10.2. The minimum Gasteiger partial charge on any atom is -0.249 e. The molecule has 1 unspecified atom stereocenters. The van der Waals surface area contributed by atoms with Gasteiger partial charge < -0.3 is 0 Å². The molecule has 0 N–H and O–H groups in total. The lowest BCUT2D eigenvalue weighted by molar-refractivity contribution is 1.10. The normalized spacial score (nSPS) is 12.3. The summed E-state index contributed by atoms with van der Waals surface area (Å²) in [5, 5.41) is 1.48. The van der Waals surface area contributed by atoms with E-state index >= 15 is 0 Å². The van der Waals surface area contributed by atoms with Crippen molar-refractivity contribution in [2.75, 3.05) is 0 Å². The molecule has 0 spiro atoms. The summed E-state index contributed by atoms with van der Waals surface area (Å²) in [6.45, 7) is 2.19. The zero-order valence-electron chi connectivity index (χ0n) is 8.96. The van der Waals surface area contributed by atoms with E-state index in [4.69, 9.17) is 0 Å². The van der Waals surface area contributed by atoms with Gasteiger partial charge in [-0.2, -0.15) is 0 Å². The van der Waals surface area contributed by atoms with Crippen molar-refractivity contribution < 1.29 is 0 Å². The van der Waals surface area contributed by atoms with Crippen molar-refractivity contribution in [2.24, 2.45) is 0 Å². The molecule has 16 heavy (non-hydrogen) atoms. The molecule has 1 atom stereocenters. The van der Waals surface area contributed by atoms with Gasteiger partial charge in [0.25, 0.3) is 0 Å². The van der Waals surface area contributed by atoms with E-state index in [-0.39, 0.29) is 0 Å². The molecule has 0 amide bonds. The molecule has 1 aromatic heterocycles. The highest BCUT2D eigenvalue weighted by molar-refractivity contribution is 8.76. The number of rotatable bonds is 4. The predicted octanol–water partition coefficient (Wildman–Crippen LogP) is 4.38. The smallest absolute Gasteiger partial charge is 0.106 e. The average molecular weight is 246 g/mol. The van der Waals surface area contributed by atoms with E-state index in [9.17, 15) is 0 Å². The van der Waals surface area contributed by atoms with E-state index in [0.29, 0.717) is 5.25 Å². The molecule has 0 bridgehead atoms. The Kier molecular flexibility index (Phi) is 4.31. The van der Waals surface area contributed by atoms with E-state index in [0.717, 1.165) is 5.03 Å². The van der Waals surface area contributed by atoms with Crippen LogP contribution in [0.5, 0.6) is 0 Å². The largest absolute Gasteiger partial charge is 0.249 e. The third kappa shape index (κ3) is 3.29. The molecule has 0 saturated heterocycles. The Morgan fingerprint density at radius 2 is 2.06 bits per heavy atom. The van der Waals surface area contributed by atoms with Crippen LogP contribution in [0.2, 0.25) is 0 Å². The summed E-state index contributed by atoms with van der Waals surface area (Å²) in [5.41, 5.74) is 1.23. The van der Waals surface area contributed by atoms with Crippen LogP contribution < -0.4 is 0 Å². The maximum absolute atomic E-state index is 4.28. The second-order valence-corrected chi connectivity index (χ2v) is 5.87. The Labute approximate surface area is 104 Å². The highest BCUT2D eigenvalue weighted by Gasteiger charge is 2.06. The Morgan fingerprint density at radius 3 is 2.75 bits per heavy atom. The first-order valence-electron chi connectivity index (χ1n) is 5.07. The van der Waals surface area contributed by atoms with E-state index in [2.05, 4.69) is 24.0 Å². The van der Waals surface area contributed by atoms with Crippen LogP contribution in [-0.4, -0.2) is 4.98 Å². The average Bonchev–Trinajstić information content (AvgIpc) is 2.38. The number of benzene rings is 1. The highest BCUT2D eigenvalue weighted by Crippen LogP contribution is 2.40. The fourth-order valence-corrected chi connectivity index (χ4v) is 3.30. The van der Waals surface area contributed by atoms with Crippen molar-refractivity contribution in [1.82, 2.24) is 4.98 Å². The van der Waals surface area contributed by atoms with Gasteiger partial charge in [0.1, 0.15) is 5.03 Å². The zero-order valence-corrected chi connectivity index (χ0v) is 10.6. The van der Waals surface area contributed by atoms with E-state index in [1.165, 1.54) is 5.56 Å². The number of aromatic nitrogens is 1. The lowest BCUT2D eigenvalue weighted by Crippen LogP contribution is -1.85. The fraction of sp³-hybridized carbons (Fsp3) is 0.154. The first-order chi connectivity index (χ1) is 7.86. The molecule has 0 aliphatic carbocycles. The summed E-state index contributed by atoms with van der Waals surface area (Å²) >= 11 is 0. The van der Waals surface area contributed by atoms with E-state index < -0.39 is 0 Å². The summed E-state index contributed by atoms with van der Waals surface area (Å²) < 4.78 is 0. The summed E-state index contributed by atoms with van der Waals surface area (Å²) in [4.78, 5) is 4.28. The standard InChI is InChI=1S/C13H12NS2/c1-11(12-7-3-2-4-8-12)15-16-13-9-5-6-10-14-13/h2-7,9-11H,1H3. The molecular formula is C13H12NS2. The summed E-state index contributed by atoms with van der Waals surface area (Å²) in [6.07, 6.45) is 1.82. The topological polar surface area (TPSA) is 12.9 Å². The minimum absolute atomic E-state index is 0.424. The molecule has 1 radical (unpaired) electrons. The quantitative estimate of drug-likeness (QED) is 0.743. The molecular weight excluding hydrogens is 234 g/mol. The van der Waals surface area contributed by atoms with Crippen LogP contribution in [0.25, 0.3) is 0 Å². The van der Waals surface area contributed by atoms with Crippen LogP contribution in [-0.2, 0) is 0 Å². The van der Waals surface area contributed by atoms with Gasteiger partial charge in [0.15, 0.2) is 0 Å². The molecule has 1 aromatic carbocycles. The van der Waals surface area contributed by atoms with Crippen molar-refractivity contribution in [1.29, 1.82) is 0 Å². The molecule has 3 heteroatoms. The first-order valence-corrected chi connectivity index (χ1v) is 7.28. The zero-order chi connectivity index (χ0) is 11.2. The number of pyridine rings is 1. The molecule has 0 aliphatic rings. The van der Waals surface area contributed by atoms with Crippen LogP contribution in [0.3, 0.4) is 0 Å². The number of hydrogen-bond acceptors (Lipinski definition) is 3. The van der Waals surface area contributed by atoms with E-state index in [1.807, 2.05) is 42.6 Å². The van der Waals surface area contributed by atoms with Crippen LogP contribution in [0.1, 0.15) is 17.7 Å². The molecule has 81 valence electrons.